The third-order valence-electron chi connectivity index (χ3n) is 3.94. The molecule has 24 heavy (non-hydrogen) atoms. The van der Waals surface area contributed by atoms with Gasteiger partial charge in [0, 0.05) is 12.6 Å². The monoisotopic (exact) mass is 321 g/mol. The third-order valence-corrected chi connectivity index (χ3v) is 3.94. The molecule has 0 saturated carbocycles. The number of primary amides is 1. The minimum absolute atomic E-state index is 0.315. The molecule has 0 spiro atoms. The Balaban J connectivity index is 2.35. The molecule has 2 amide bonds. The van der Waals surface area contributed by atoms with Crippen molar-refractivity contribution in [2.75, 3.05) is 7.05 Å². The maximum Gasteiger partial charge on any atom is 0.249 e. The van der Waals surface area contributed by atoms with Gasteiger partial charge in [-0.2, -0.15) is 5.26 Å². The van der Waals surface area contributed by atoms with Crippen LogP contribution in [0.3, 0.4) is 0 Å². The molecule has 2 aromatic rings. The molecule has 0 aliphatic heterocycles. The van der Waals surface area contributed by atoms with Gasteiger partial charge in [0.1, 0.15) is 0 Å². The molecule has 5 heteroatoms. The van der Waals surface area contributed by atoms with Gasteiger partial charge in [-0.05, 0) is 30.0 Å². The second-order valence-electron chi connectivity index (χ2n) is 5.53. The first kappa shape index (κ1) is 17.2. The van der Waals surface area contributed by atoms with E-state index in [4.69, 9.17) is 11.0 Å². The van der Waals surface area contributed by atoms with Crippen LogP contribution in [0.4, 0.5) is 0 Å². The van der Waals surface area contributed by atoms with E-state index in [1.165, 1.54) is 7.05 Å². The van der Waals surface area contributed by atoms with Gasteiger partial charge in [-0.3, -0.25) is 14.5 Å². The molecular formula is C19H19N3O2. The first-order chi connectivity index (χ1) is 11.5. The van der Waals surface area contributed by atoms with Crippen LogP contribution in [0.5, 0.6) is 0 Å². The van der Waals surface area contributed by atoms with Crippen LogP contribution in [-0.4, -0.2) is 23.8 Å². The van der Waals surface area contributed by atoms with Crippen LogP contribution in [0.15, 0.2) is 54.6 Å². The minimum atomic E-state index is -0.599. The maximum atomic E-state index is 12.6. The van der Waals surface area contributed by atoms with Gasteiger partial charge in [-0.1, -0.05) is 48.5 Å². The molecule has 1 atom stereocenters. The van der Waals surface area contributed by atoms with Crippen molar-refractivity contribution in [3.05, 3.63) is 71.3 Å². The lowest BCUT2D eigenvalue weighted by Gasteiger charge is -2.21. The van der Waals surface area contributed by atoms with Crippen molar-refractivity contribution in [1.29, 1.82) is 5.26 Å². The Kier molecular flexibility index (Phi) is 5.69. The summed E-state index contributed by atoms with van der Waals surface area (Å²) in [5.41, 5.74) is 7.41. The third kappa shape index (κ3) is 3.99. The van der Waals surface area contributed by atoms with Gasteiger partial charge in [-0.25, -0.2) is 0 Å². The molecule has 2 N–H and O–H groups in total. The molecular weight excluding hydrogens is 302 g/mol. The molecule has 0 bridgehead atoms. The number of carbonyl (C=O) groups is 2. The second-order valence-corrected chi connectivity index (χ2v) is 5.53. The average Bonchev–Trinajstić information content (AvgIpc) is 2.62. The van der Waals surface area contributed by atoms with Gasteiger partial charge in [0.25, 0.3) is 0 Å². The Hall–Kier alpha value is -3.13. The van der Waals surface area contributed by atoms with E-state index in [9.17, 15) is 9.59 Å². The number of likely N-dealkylation sites (N-methyl/N-ethyl adjacent to an activating group) is 1. The lowest BCUT2D eigenvalue weighted by molar-refractivity contribution is -0.128. The Labute approximate surface area is 141 Å². The summed E-state index contributed by atoms with van der Waals surface area (Å²) in [5.74, 6) is -1.52. The Morgan fingerprint density at radius 2 is 1.75 bits per heavy atom. The van der Waals surface area contributed by atoms with Crippen LogP contribution in [0.2, 0.25) is 0 Å². The van der Waals surface area contributed by atoms with Crippen molar-refractivity contribution >= 4 is 11.8 Å². The molecule has 0 fully saturated rings. The van der Waals surface area contributed by atoms with Gasteiger partial charge in [-0.15, -0.1) is 0 Å². The zero-order chi connectivity index (χ0) is 17.5. The van der Waals surface area contributed by atoms with Crippen molar-refractivity contribution in [2.24, 2.45) is 5.73 Å². The Morgan fingerprint density at radius 3 is 2.38 bits per heavy atom. The number of amides is 2. The standard InChI is InChI=1S/C19H19N3O2/c1-22(13-20)19(24)17(12-11-14-7-3-2-4-8-14)15-9-5-6-10-16(15)18(21)23/h2-10,17H,11-12H2,1H3,(H2,21,23)/t17-/m0/s1. The van der Waals surface area contributed by atoms with Gasteiger partial charge >= 0.3 is 0 Å². The predicted molar refractivity (Wildman–Crippen MR) is 90.8 cm³/mol. The van der Waals surface area contributed by atoms with Crippen LogP contribution >= 0.6 is 0 Å². The summed E-state index contributed by atoms with van der Waals surface area (Å²) >= 11 is 0. The van der Waals surface area contributed by atoms with Crippen LogP contribution in [-0.2, 0) is 11.2 Å². The Bertz CT molecular complexity index is 766. The molecule has 122 valence electrons. The minimum Gasteiger partial charge on any atom is -0.366 e. The number of nitrogens with zero attached hydrogens (tertiary/aromatic N) is 2. The molecule has 0 saturated heterocycles. The zero-order valence-electron chi connectivity index (χ0n) is 13.5. The first-order valence-corrected chi connectivity index (χ1v) is 7.64. The van der Waals surface area contributed by atoms with Crippen molar-refractivity contribution in [3.63, 3.8) is 0 Å². The molecule has 0 radical (unpaired) electrons. The summed E-state index contributed by atoms with van der Waals surface area (Å²) in [6.45, 7) is 0. The van der Waals surface area contributed by atoms with Crippen LogP contribution in [0.25, 0.3) is 0 Å². The summed E-state index contributed by atoms with van der Waals surface area (Å²) in [5, 5.41) is 9.03. The molecule has 0 aliphatic rings. The number of hydrogen-bond acceptors (Lipinski definition) is 3. The molecule has 2 rings (SSSR count). The second kappa shape index (κ2) is 7.93. The van der Waals surface area contributed by atoms with E-state index in [-0.39, 0.29) is 5.91 Å². The molecule has 0 unspecified atom stereocenters. The van der Waals surface area contributed by atoms with Crippen molar-refractivity contribution < 1.29 is 9.59 Å². The summed E-state index contributed by atoms with van der Waals surface area (Å²) in [7, 11) is 1.42. The predicted octanol–water partition coefficient (Wildman–Crippen LogP) is 2.44. The van der Waals surface area contributed by atoms with Gasteiger partial charge in [0.05, 0.1) is 5.92 Å². The molecule has 2 aromatic carbocycles. The van der Waals surface area contributed by atoms with E-state index < -0.39 is 11.8 Å². The van der Waals surface area contributed by atoms with Gasteiger partial charge in [0.15, 0.2) is 6.19 Å². The fraction of sp³-hybridized carbons (Fsp3) is 0.211. The number of hydrogen-bond donors (Lipinski definition) is 1. The summed E-state index contributed by atoms with van der Waals surface area (Å²) in [6, 6.07) is 16.6. The number of nitrogens with two attached hydrogens (primary N) is 1. The fourth-order valence-corrected chi connectivity index (χ4v) is 2.68. The van der Waals surface area contributed by atoms with Crippen molar-refractivity contribution in [2.45, 2.75) is 18.8 Å². The fourth-order valence-electron chi connectivity index (χ4n) is 2.68. The average molecular weight is 321 g/mol. The maximum absolute atomic E-state index is 12.6. The number of benzene rings is 2. The van der Waals surface area contributed by atoms with Crippen LogP contribution in [0, 0.1) is 11.5 Å². The normalized spacial score (nSPS) is 11.3. The highest BCUT2D eigenvalue weighted by atomic mass is 16.2. The highest BCUT2D eigenvalue weighted by Crippen LogP contribution is 2.27. The van der Waals surface area contributed by atoms with Crippen LogP contribution in [0.1, 0.15) is 33.8 Å². The van der Waals surface area contributed by atoms with Gasteiger partial charge < -0.3 is 5.73 Å². The quantitative estimate of drug-likeness (QED) is 0.655. The largest absolute Gasteiger partial charge is 0.366 e. The highest BCUT2D eigenvalue weighted by Gasteiger charge is 2.27. The lowest BCUT2D eigenvalue weighted by atomic mass is 9.88. The highest BCUT2D eigenvalue weighted by molar-refractivity contribution is 5.97. The van der Waals surface area contributed by atoms with E-state index in [1.807, 2.05) is 36.5 Å². The van der Waals surface area contributed by atoms with E-state index in [0.29, 0.717) is 24.0 Å². The van der Waals surface area contributed by atoms with Crippen LogP contribution < -0.4 is 5.73 Å². The molecule has 0 aromatic heterocycles. The Morgan fingerprint density at radius 1 is 1.12 bits per heavy atom. The smallest absolute Gasteiger partial charge is 0.249 e. The van der Waals surface area contributed by atoms with Crippen molar-refractivity contribution in [3.8, 4) is 6.19 Å². The zero-order valence-corrected chi connectivity index (χ0v) is 13.5. The van der Waals surface area contributed by atoms with E-state index >= 15 is 0 Å². The number of rotatable bonds is 6. The summed E-state index contributed by atoms with van der Waals surface area (Å²) < 4.78 is 0. The van der Waals surface area contributed by atoms with E-state index in [0.717, 1.165) is 10.5 Å². The number of carbonyl (C=O) groups excluding carboxylic acids is 2. The lowest BCUT2D eigenvalue weighted by Crippen LogP contribution is -2.30. The molecule has 0 heterocycles. The van der Waals surface area contributed by atoms with E-state index in [1.54, 1.807) is 24.3 Å². The topological polar surface area (TPSA) is 87.2 Å². The number of aryl methyl sites for hydroxylation is 1. The number of nitriles is 1. The van der Waals surface area contributed by atoms with Crippen molar-refractivity contribution in [1.82, 2.24) is 4.90 Å². The summed E-state index contributed by atoms with van der Waals surface area (Å²) in [4.78, 5) is 25.3. The molecule has 5 nitrogen and oxygen atoms in total. The van der Waals surface area contributed by atoms with Gasteiger partial charge in [0.2, 0.25) is 11.8 Å². The summed E-state index contributed by atoms with van der Waals surface area (Å²) in [6.07, 6.45) is 2.97. The first-order valence-electron chi connectivity index (χ1n) is 7.64. The molecule has 0 aliphatic carbocycles. The SMILES string of the molecule is CN(C#N)C(=O)[C@@H](CCc1ccccc1)c1ccccc1C(N)=O. The van der Waals surface area contributed by atoms with E-state index in [2.05, 4.69) is 0 Å².